The van der Waals surface area contributed by atoms with Gasteiger partial charge in [0.15, 0.2) is 0 Å². The second-order valence-corrected chi connectivity index (χ2v) is 5.91. The van der Waals surface area contributed by atoms with Crippen LogP contribution in [0, 0.1) is 5.92 Å². The van der Waals surface area contributed by atoms with Gasteiger partial charge in [-0.25, -0.2) is 0 Å². The lowest BCUT2D eigenvalue weighted by Crippen LogP contribution is -2.64. The Bertz CT molecular complexity index is 242. The van der Waals surface area contributed by atoms with Gasteiger partial charge in [0.25, 0.3) is 0 Å². The maximum absolute atomic E-state index is 5.19. The van der Waals surface area contributed by atoms with E-state index in [1.807, 2.05) is 0 Å². The van der Waals surface area contributed by atoms with Crippen LogP contribution in [0.25, 0.3) is 0 Å². The predicted molar refractivity (Wildman–Crippen MR) is 71.3 cm³/mol. The van der Waals surface area contributed by atoms with E-state index in [4.69, 9.17) is 4.74 Å². The zero-order valence-electron chi connectivity index (χ0n) is 11.7. The molecule has 0 spiro atoms. The molecular weight excluding hydrogens is 212 g/mol. The van der Waals surface area contributed by atoms with Crippen LogP contribution in [0.5, 0.6) is 0 Å². The molecule has 2 aliphatic rings. The molecule has 17 heavy (non-hydrogen) atoms. The lowest BCUT2D eigenvalue weighted by molar-refractivity contribution is 0.0273. The summed E-state index contributed by atoms with van der Waals surface area (Å²) in [5, 5.41) is 3.73. The summed E-state index contributed by atoms with van der Waals surface area (Å²) in [6.07, 6.45) is 5.25. The molecule has 2 atom stereocenters. The van der Waals surface area contributed by atoms with E-state index >= 15 is 0 Å². The van der Waals surface area contributed by atoms with E-state index in [-0.39, 0.29) is 0 Å². The van der Waals surface area contributed by atoms with Crippen LogP contribution in [0.1, 0.15) is 39.5 Å². The van der Waals surface area contributed by atoms with Crippen molar-refractivity contribution >= 4 is 0 Å². The summed E-state index contributed by atoms with van der Waals surface area (Å²) in [7, 11) is 1.80. The third kappa shape index (κ3) is 3.01. The van der Waals surface area contributed by atoms with E-state index in [1.54, 1.807) is 7.11 Å². The quantitative estimate of drug-likeness (QED) is 0.717. The Labute approximate surface area is 106 Å². The van der Waals surface area contributed by atoms with Crippen molar-refractivity contribution < 1.29 is 4.74 Å². The minimum atomic E-state index is 0.402. The van der Waals surface area contributed by atoms with Crippen LogP contribution in [-0.2, 0) is 4.74 Å². The molecule has 0 bridgehead atoms. The van der Waals surface area contributed by atoms with Gasteiger partial charge in [0, 0.05) is 44.9 Å². The molecule has 0 radical (unpaired) electrons. The van der Waals surface area contributed by atoms with Crippen molar-refractivity contribution in [1.29, 1.82) is 0 Å². The first kappa shape index (κ1) is 13.3. The smallest absolute Gasteiger partial charge is 0.0474 e. The average Bonchev–Trinajstić information content (AvgIpc) is 3.16. The van der Waals surface area contributed by atoms with E-state index in [0.717, 1.165) is 18.9 Å². The Morgan fingerprint density at radius 1 is 1.41 bits per heavy atom. The first-order valence-electron chi connectivity index (χ1n) is 7.18. The molecule has 1 aliphatic heterocycles. The normalized spacial score (nSPS) is 35.1. The van der Waals surface area contributed by atoms with Crippen molar-refractivity contribution in [1.82, 2.24) is 10.2 Å². The van der Waals surface area contributed by atoms with E-state index < -0.39 is 0 Å². The summed E-state index contributed by atoms with van der Waals surface area (Å²) >= 11 is 0. The van der Waals surface area contributed by atoms with E-state index in [0.29, 0.717) is 11.6 Å². The lowest BCUT2D eigenvalue weighted by atomic mass is 9.89. The summed E-state index contributed by atoms with van der Waals surface area (Å²) in [4.78, 5) is 2.73. The van der Waals surface area contributed by atoms with Crippen LogP contribution in [0.3, 0.4) is 0 Å². The molecule has 1 saturated carbocycles. The lowest BCUT2D eigenvalue weighted by Gasteiger charge is -2.48. The van der Waals surface area contributed by atoms with E-state index in [2.05, 4.69) is 24.1 Å². The zero-order valence-corrected chi connectivity index (χ0v) is 11.7. The monoisotopic (exact) mass is 240 g/mol. The number of ether oxygens (including phenoxy) is 1. The van der Waals surface area contributed by atoms with Crippen molar-refractivity contribution in [2.24, 2.45) is 5.92 Å². The maximum atomic E-state index is 5.19. The number of piperazine rings is 1. The maximum Gasteiger partial charge on any atom is 0.0474 e. The van der Waals surface area contributed by atoms with Crippen molar-refractivity contribution in [3.63, 3.8) is 0 Å². The van der Waals surface area contributed by atoms with Gasteiger partial charge >= 0.3 is 0 Å². The summed E-state index contributed by atoms with van der Waals surface area (Å²) in [5.41, 5.74) is 0.402. The van der Waals surface area contributed by atoms with Crippen molar-refractivity contribution in [2.45, 2.75) is 51.1 Å². The Hall–Kier alpha value is -0.120. The Morgan fingerprint density at radius 3 is 2.76 bits per heavy atom. The topological polar surface area (TPSA) is 24.5 Å². The minimum Gasteiger partial charge on any atom is -0.385 e. The second kappa shape index (κ2) is 5.68. The summed E-state index contributed by atoms with van der Waals surface area (Å²) in [6, 6.07) is 0.685. The molecule has 0 amide bonds. The largest absolute Gasteiger partial charge is 0.385 e. The Kier molecular flexibility index (Phi) is 4.45. The molecule has 2 unspecified atom stereocenters. The fraction of sp³-hybridized carbons (Fsp3) is 1.00. The number of methoxy groups -OCH3 is 1. The minimum absolute atomic E-state index is 0.402. The van der Waals surface area contributed by atoms with E-state index in [1.165, 1.54) is 38.9 Å². The number of rotatable bonds is 6. The number of hydrogen-bond acceptors (Lipinski definition) is 3. The van der Waals surface area contributed by atoms with Crippen LogP contribution < -0.4 is 5.32 Å². The summed E-state index contributed by atoms with van der Waals surface area (Å²) < 4.78 is 5.19. The standard InChI is InChI=1S/C14H28N2O/c1-4-13-10-16(8-5-9-17-3)14(2,11-15-13)12-6-7-12/h12-13,15H,4-11H2,1-3H3. The molecular formula is C14H28N2O. The highest BCUT2D eigenvalue weighted by Gasteiger charge is 2.47. The SMILES string of the molecule is CCC1CN(CCCOC)C(C)(C2CC2)CN1. The molecule has 1 aliphatic carbocycles. The molecule has 1 saturated heterocycles. The van der Waals surface area contributed by atoms with Gasteiger partial charge in [0.05, 0.1) is 0 Å². The van der Waals surface area contributed by atoms with Crippen molar-refractivity contribution in [3.8, 4) is 0 Å². The Balaban J connectivity index is 1.93. The van der Waals surface area contributed by atoms with Gasteiger partial charge in [-0.2, -0.15) is 0 Å². The average molecular weight is 240 g/mol. The fourth-order valence-corrected chi connectivity index (χ4v) is 3.13. The molecule has 100 valence electrons. The highest BCUT2D eigenvalue weighted by atomic mass is 16.5. The highest BCUT2D eigenvalue weighted by molar-refractivity contribution is 5.04. The third-order valence-electron chi connectivity index (χ3n) is 4.64. The van der Waals surface area contributed by atoms with Crippen LogP contribution >= 0.6 is 0 Å². The van der Waals surface area contributed by atoms with Gasteiger partial charge in [-0.05, 0) is 38.5 Å². The van der Waals surface area contributed by atoms with Crippen LogP contribution in [0.15, 0.2) is 0 Å². The van der Waals surface area contributed by atoms with Crippen molar-refractivity contribution in [2.75, 3.05) is 33.4 Å². The number of hydrogen-bond donors (Lipinski definition) is 1. The Morgan fingerprint density at radius 2 is 2.18 bits per heavy atom. The molecule has 1 N–H and O–H groups in total. The van der Waals surface area contributed by atoms with E-state index in [9.17, 15) is 0 Å². The first-order valence-corrected chi connectivity index (χ1v) is 7.18. The van der Waals surface area contributed by atoms with Gasteiger partial charge in [0.2, 0.25) is 0 Å². The predicted octanol–water partition coefficient (Wildman–Crippen LogP) is 1.88. The molecule has 1 heterocycles. The van der Waals surface area contributed by atoms with Gasteiger partial charge in [-0.1, -0.05) is 6.92 Å². The van der Waals surface area contributed by atoms with Gasteiger partial charge < -0.3 is 10.1 Å². The first-order chi connectivity index (χ1) is 8.20. The molecule has 3 heteroatoms. The molecule has 2 rings (SSSR count). The fourth-order valence-electron chi connectivity index (χ4n) is 3.13. The van der Waals surface area contributed by atoms with Crippen LogP contribution in [-0.4, -0.2) is 49.8 Å². The van der Waals surface area contributed by atoms with Crippen LogP contribution in [0.4, 0.5) is 0 Å². The van der Waals surface area contributed by atoms with Gasteiger partial charge in [0.1, 0.15) is 0 Å². The molecule has 2 fully saturated rings. The van der Waals surface area contributed by atoms with Gasteiger partial charge in [-0.3, -0.25) is 4.90 Å². The zero-order chi connectivity index (χ0) is 12.3. The number of nitrogens with one attached hydrogen (secondary N) is 1. The molecule has 3 nitrogen and oxygen atoms in total. The van der Waals surface area contributed by atoms with Crippen LogP contribution in [0.2, 0.25) is 0 Å². The molecule has 0 aromatic rings. The summed E-state index contributed by atoms with van der Waals surface area (Å²) in [5.74, 6) is 0.926. The van der Waals surface area contributed by atoms with Gasteiger partial charge in [-0.15, -0.1) is 0 Å². The highest BCUT2D eigenvalue weighted by Crippen LogP contribution is 2.44. The summed E-state index contributed by atoms with van der Waals surface area (Å²) in [6.45, 7) is 9.21. The number of nitrogens with zero attached hydrogens (tertiary/aromatic N) is 1. The van der Waals surface area contributed by atoms with Crippen molar-refractivity contribution in [3.05, 3.63) is 0 Å². The second-order valence-electron chi connectivity index (χ2n) is 5.91. The molecule has 0 aromatic heterocycles. The molecule has 0 aromatic carbocycles. The third-order valence-corrected chi connectivity index (χ3v) is 4.64.